The number of aliphatic hydroxyl groups is 10. The average molecular weight is 1080 g/mol. The lowest BCUT2D eigenvalue weighted by molar-refractivity contribution is -0.309. The lowest BCUT2D eigenvalue weighted by Crippen LogP contribution is -2.65. The number of rotatable bonds is 9. The van der Waals surface area contributed by atoms with Gasteiger partial charge < -0.3 is 91.5 Å². The fourth-order valence-corrected chi connectivity index (χ4v) is 9.04. The quantitative estimate of drug-likeness (QED) is 0.107. The molecule has 3 aliphatic heterocycles. The van der Waals surface area contributed by atoms with E-state index in [2.05, 4.69) is 11.2 Å². The molecule has 0 aliphatic carbocycles. The van der Waals surface area contributed by atoms with Crippen molar-refractivity contribution in [3.63, 3.8) is 0 Å². The smallest absolute Gasteiger partial charge is 0.315 e. The van der Waals surface area contributed by atoms with Crippen molar-refractivity contribution in [3.8, 4) is 12.3 Å². The first kappa shape index (κ1) is 65.8. The number of hydrogen-bond donors (Lipinski definition) is 13. The Kier molecular flexibility index (Phi) is 29.2. The van der Waals surface area contributed by atoms with Crippen molar-refractivity contribution in [2.45, 2.75) is 195 Å². The summed E-state index contributed by atoms with van der Waals surface area (Å²) < 4.78 is 29.0. The molecule has 2 fully saturated rings. The van der Waals surface area contributed by atoms with Crippen molar-refractivity contribution in [1.82, 2.24) is 5.32 Å². The fourth-order valence-electron chi connectivity index (χ4n) is 9.04. The summed E-state index contributed by atoms with van der Waals surface area (Å²) in [4.78, 5) is 39.3. The van der Waals surface area contributed by atoms with Crippen LogP contribution < -0.4 is 16.8 Å². The summed E-state index contributed by atoms with van der Waals surface area (Å²) in [6.07, 6.45) is 8.20. The third-order valence-electron chi connectivity index (χ3n) is 13.6. The number of aliphatic hydroxyl groups excluding tert-OH is 9. The minimum Gasteiger partial charge on any atom is -0.462 e. The Balaban J connectivity index is 1.98. The number of esters is 2. The van der Waals surface area contributed by atoms with Gasteiger partial charge in [0.05, 0.1) is 79.5 Å². The van der Waals surface area contributed by atoms with Crippen molar-refractivity contribution < 1.29 is 89.1 Å². The number of ether oxygens (including phenoxy) is 5. The van der Waals surface area contributed by atoms with E-state index in [-0.39, 0.29) is 44.6 Å². The monoisotopic (exact) mass is 1080 g/mol. The number of hydrogen-bond acceptors (Lipinski definition) is 20. The summed E-state index contributed by atoms with van der Waals surface area (Å²) in [7, 11) is 0. The van der Waals surface area contributed by atoms with Gasteiger partial charge in [0, 0.05) is 37.5 Å². The highest BCUT2D eigenvalue weighted by Crippen LogP contribution is 2.39. The van der Waals surface area contributed by atoms with Crippen molar-refractivity contribution in [1.29, 1.82) is 0 Å². The SMILES string of the molecule is C#CCOC(=O)[C@H]1[C@@H]2C[C@@H](O[C@@H]3O[C@H](C)[C@@H](O)[C@H](NC(=O)[C@H](N)CCCN)[C@@H]3O)C=CC=CC=CC=CC=CC=CC=C[C@H](C)[C@@H](O)[C@@H](C)[C@H](C)OC(=O)C[C@H](O)C[C@H](O)CC[C@@H](O)[C@H](O)C[C@H](O)C[C@](O)(C[C@@H]1O)O2. The molecule has 0 aromatic carbocycles. The molecule has 3 heterocycles. The molecular formula is C55H85N3O18. The molecule has 76 heavy (non-hydrogen) atoms. The number of terminal acetylenes is 1. The number of allylic oxidation sites excluding steroid dienone is 12. The molecule has 428 valence electrons. The molecule has 0 saturated carbocycles. The summed E-state index contributed by atoms with van der Waals surface area (Å²) >= 11 is 0. The number of fused-ring (bicyclic) bond motifs is 2. The number of cyclic esters (lactones) is 1. The molecule has 0 aromatic rings. The van der Waals surface area contributed by atoms with E-state index in [0.717, 1.165) is 0 Å². The number of carbonyl (C=O) groups is 3. The van der Waals surface area contributed by atoms with Crippen LogP contribution in [0.25, 0.3) is 0 Å². The van der Waals surface area contributed by atoms with Crippen LogP contribution in [0.3, 0.4) is 0 Å². The topological polar surface area (TPSA) is 364 Å². The van der Waals surface area contributed by atoms with Crippen molar-refractivity contribution in [3.05, 3.63) is 85.1 Å². The molecule has 3 rings (SSSR count). The third-order valence-corrected chi connectivity index (χ3v) is 13.6. The van der Waals surface area contributed by atoms with E-state index in [9.17, 15) is 65.4 Å². The van der Waals surface area contributed by atoms with Crippen LogP contribution in [0.15, 0.2) is 85.1 Å². The number of carbonyl (C=O) groups excluding carboxylic acids is 3. The van der Waals surface area contributed by atoms with E-state index in [4.69, 9.17) is 41.6 Å². The molecular weight excluding hydrogens is 991 g/mol. The van der Waals surface area contributed by atoms with Gasteiger partial charge in [0.15, 0.2) is 18.7 Å². The number of nitrogens with one attached hydrogen (secondary N) is 1. The van der Waals surface area contributed by atoms with Crippen LogP contribution in [-0.4, -0.2) is 186 Å². The second-order valence-electron chi connectivity index (χ2n) is 20.0. The maximum atomic E-state index is 13.5. The van der Waals surface area contributed by atoms with Gasteiger partial charge in [0.1, 0.15) is 24.2 Å². The Hall–Kier alpha value is -4.45. The first-order valence-corrected chi connectivity index (χ1v) is 26.1. The Bertz CT molecular complexity index is 2020. The van der Waals surface area contributed by atoms with Gasteiger partial charge in [-0.2, -0.15) is 0 Å². The summed E-state index contributed by atoms with van der Waals surface area (Å²) in [5.41, 5.74) is 11.6. The van der Waals surface area contributed by atoms with E-state index in [0.29, 0.717) is 6.42 Å². The third kappa shape index (κ3) is 22.5. The molecule has 15 N–H and O–H groups in total. The molecule has 21 nitrogen and oxygen atoms in total. The van der Waals surface area contributed by atoms with E-state index in [1.54, 1.807) is 86.8 Å². The molecule has 3 aliphatic rings. The van der Waals surface area contributed by atoms with Crippen molar-refractivity contribution >= 4 is 17.8 Å². The van der Waals surface area contributed by atoms with Gasteiger partial charge in [0.2, 0.25) is 5.91 Å². The van der Waals surface area contributed by atoms with Crippen LogP contribution in [-0.2, 0) is 38.1 Å². The molecule has 0 aromatic heterocycles. The predicted molar refractivity (Wildman–Crippen MR) is 279 cm³/mol. The Morgan fingerprint density at radius 2 is 1.37 bits per heavy atom. The van der Waals surface area contributed by atoms with Crippen LogP contribution in [0.2, 0.25) is 0 Å². The molecule has 2 bridgehead atoms. The Morgan fingerprint density at radius 3 is 1.97 bits per heavy atom. The summed E-state index contributed by atoms with van der Waals surface area (Å²) in [6.45, 7) is 6.50. The molecule has 0 unspecified atom stereocenters. The second kappa shape index (κ2) is 33.8. The van der Waals surface area contributed by atoms with Crippen LogP contribution >= 0.6 is 0 Å². The minimum atomic E-state index is -2.37. The van der Waals surface area contributed by atoms with E-state index in [1.807, 2.05) is 13.0 Å². The van der Waals surface area contributed by atoms with Gasteiger partial charge in [0.25, 0.3) is 0 Å². The zero-order chi connectivity index (χ0) is 56.5. The number of amides is 1. The lowest BCUT2D eigenvalue weighted by Gasteiger charge is -2.46. The summed E-state index contributed by atoms with van der Waals surface area (Å²) in [5.74, 6) is -4.87. The minimum absolute atomic E-state index is 0.128. The molecule has 1 amide bonds. The van der Waals surface area contributed by atoms with Crippen LogP contribution in [0.1, 0.15) is 91.9 Å². The molecule has 20 atom stereocenters. The normalized spacial score (nSPS) is 37.9. The molecule has 0 spiro atoms. The standard InChI is InChI=1S/C55H85N3O18/c1-6-26-72-53(70)47-44(64)32-55(71)31-39(61)28-43(63)42(62)24-23-37(59)27-38(60)29-46(65)73-35(4)34(3)49(66)33(2)20-17-15-13-11-9-7-8-10-12-14-16-18-21-40(30-45(47)76-55)75-54-51(68)48(50(67)36(5)74-54)58-52(69)41(57)22-19-25-56/h1,7-18,20-21,33-45,47-51,54,59-64,66-68,71H,19,22-32,56-57H2,2-5H3,(H,58,69)/t33-,34-,35-,36+,37+,38+,39-,40-,41+,42+,43+,44-,45-,47+,48-,49+,50+,51-,54-,55+/m0/s1. The molecule has 2 saturated heterocycles. The van der Waals surface area contributed by atoms with Gasteiger partial charge in [-0.1, -0.05) is 105 Å². The first-order valence-electron chi connectivity index (χ1n) is 26.1. The highest BCUT2D eigenvalue weighted by atomic mass is 16.7. The van der Waals surface area contributed by atoms with E-state index >= 15 is 0 Å². The maximum Gasteiger partial charge on any atom is 0.315 e. The summed E-state index contributed by atoms with van der Waals surface area (Å²) in [5, 5.41) is 114. The van der Waals surface area contributed by atoms with Gasteiger partial charge in [-0.15, -0.1) is 6.42 Å². The average Bonchev–Trinajstić information content (AvgIpc) is 3.35. The highest BCUT2D eigenvalue weighted by molar-refractivity contribution is 5.81. The van der Waals surface area contributed by atoms with Gasteiger partial charge in [-0.25, -0.2) is 0 Å². The van der Waals surface area contributed by atoms with E-state index in [1.165, 1.54) is 13.0 Å². The van der Waals surface area contributed by atoms with Crippen molar-refractivity contribution in [2.75, 3.05) is 13.2 Å². The number of nitrogens with two attached hydrogens (primary N) is 2. The zero-order valence-electron chi connectivity index (χ0n) is 44.0. The molecule has 0 radical (unpaired) electrons. The Labute approximate surface area is 446 Å². The van der Waals surface area contributed by atoms with Gasteiger partial charge in [-0.05, 0) is 52.5 Å². The second-order valence-corrected chi connectivity index (χ2v) is 20.0. The zero-order valence-corrected chi connectivity index (χ0v) is 44.0. The molecule has 21 heteroatoms. The van der Waals surface area contributed by atoms with Crippen LogP contribution in [0.4, 0.5) is 0 Å². The lowest BCUT2D eigenvalue weighted by atomic mass is 9.82. The first-order chi connectivity index (χ1) is 36.0. The van der Waals surface area contributed by atoms with Gasteiger partial charge in [-0.3, -0.25) is 14.4 Å². The summed E-state index contributed by atoms with van der Waals surface area (Å²) in [6, 6.07) is -2.33. The fraction of sp³-hybridized carbons (Fsp3) is 0.655. The predicted octanol–water partition coefficient (Wildman–Crippen LogP) is 0.0272. The highest BCUT2D eigenvalue weighted by Gasteiger charge is 2.52. The maximum absolute atomic E-state index is 13.5. The largest absolute Gasteiger partial charge is 0.462 e. The van der Waals surface area contributed by atoms with E-state index < -0.39 is 165 Å². The van der Waals surface area contributed by atoms with Crippen LogP contribution in [0.5, 0.6) is 0 Å². The van der Waals surface area contributed by atoms with Gasteiger partial charge >= 0.3 is 11.9 Å². The Morgan fingerprint density at radius 1 is 0.763 bits per heavy atom. The van der Waals surface area contributed by atoms with Crippen LogP contribution in [0, 0.1) is 30.1 Å². The van der Waals surface area contributed by atoms with Crippen molar-refractivity contribution in [2.24, 2.45) is 29.2 Å².